The third-order valence-electron chi connectivity index (χ3n) is 6.58. The van der Waals surface area contributed by atoms with Crippen molar-refractivity contribution in [2.75, 3.05) is 5.32 Å². The summed E-state index contributed by atoms with van der Waals surface area (Å²) in [7, 11) is 0. The minimum absolute atomic E-state index is 0.0316. The number of imidazole rings is 1. The Morgan fingerprint density at radius 3 is 2.59 bits per heavy atom. The SMILES string of the molecule is CC1(NC(=O)O[C@H]2CC[C@@H](c3cc(Nc4nc(C(F)(F)F)cc5nc(COC(F)(F)F)cn45)n[nH]3)[C@H]2F)CC1. The predicted molar refractivity (Wildman–Crippen MR) is 119 cm³/mol. The Labute approximate surface area is 215 Å². The summed E-state index contributed by atoms with van der Waals surface area (Å²) in [5.74, 6) is -1.20. The van der Waals surface area contributed by atoms with E-state index in [1.165, 1.54) is 6.07 Å². The lowest BCUT2D eigenvalue weighted by molar-refractivity contribution is -0.330. The monoisotopic (exact) mass is 565 g/mol. The van der Waals surface area contributed by atoms with Gasteiger partial charge in [0, 0.05) is 35.5 Å². The van der Waals surface area contributed by atoms with Crippen molar-refractivity contribution in [3.63, 3.8) is 0 Å². The highest BCUT2D eigenvalue weighted by Crippen LogP contribution is 2.40. The highest BCUT2D eigenvalue weighted by atomic mass is 19.4. The maximum absolute atomic E-state index is 15.1. The van der Waals surface area contributed by atoms with Gasteiger partial charge in [-0.25, -0.2) is 19.2 Å². The standard InChI is InChI=1S/C22H22F7N7O3/c1-20(4-5-20)33-19(37)39-13-3-2-11(17(13)23)12-6-15(35-34-12)32-18-31-14(21(24,25)26)7-16-30-10(8-36(16)18)9-38-22(27,28)29/h6-8,11,13,17H,2-5,9H2,1H3,(H,33,37)(H2,31,32,34,35)/t11-,13-,17+/m0/s1. The van der Waals surface area contributed by atoms with E-state index in [9.17, 15) is 31.1 Å². The van der Waals surface area contributed by atoms with Crippen molar-refractivity contribution in [2.45, 2.75) is 75.5 Å². The maximum atomic E-state index is 15.1. The average molecular weight is 565 g/mol. The molecule has 5 rings (SSSR count). The molecule has 0 bridgehead atoms. The van der Waals surface area contributed by atoms with Crippen LogP contribution in [0.3, 0.4) is 0 Å². The lowest BCUT2D eigenvalue weighted by Gasteiger charge is -2.19. The Bertz CT molecular complexity index is 1370. The summed E-state index contributed by atoms with van der Waals surface area (Å²) in [5, 5.41) is 11.8. The summed E-state index contributed by atoms with van der Waals surface area (Å²) < 4.78 is 103. The van der Waals surface area contributed by atoms with Gasteiger partial charge in [0.1, 0.15) is 17.9 Å². The molecule has 17 heteroatoms. The summed E-state index contributed by atoms with van der Waals surface area (Å²) in [4.78, 5) is 19.3. The Hall–Kier alpha value is -3.63. The van der Waals surface area contributed by atoms with Crippen LogP contribution < -0.4 is 10.6 Å². The maximum Gasteiger partial charge on any atom is 0.522 e. The van der Waals surface area contributed by atoms with Crippen LogP contribution in [0.15, 0.2) is 18.3 Å². The fourth-order valence-electron chi connectivity index (χ4n) is 4.30. The molecule has 212 valence electrons. The molecule has 3 atom stereocenters. The number of H-pyrrole nitrogens is 1. The van der Waals surface area contributed by atoms with Gasteiger partial charge in [-0.1, -0.05) is 0 Å². The van der Waals surface area contributed by atoms with E-state index >= 15 is 4.39 Å². The topological polar surface area (TPSA) is 118 Å². The zero-order valence-corrected chi connectivity index (χ0v) is 20.2. The highest BCUT2D eigenvalue weighted by molar-refractivity contribution is 5.69. The molecule has 2 aliphatic rings. The molecule has 0 unspecified atom stereocenters. The van der Waals surface area contributed by atoms with Crippen LogP contribution in [0.4, 0.5) is 47.3 Å². The summed E-state index contributed by atoms with van der Waals surface area (Å²) >= 11 is 0. The molecular weight excluding hydrogens is 543 g/mol. The first kappa shape index (κ1) is 27.0. The van der Waals surface area contributed by atoms with E-state index in [2.05, 4.69) is 35.5 Å². The van der Waals surface area contributed by atoms with Crippen molar-refractivity contribution >= 4 is 23.5 Å². The van der Waals surface area contributed by atoms with E-state index in [1.54, 1.807) is 0 Å². The van der Waals surface area contributed by atoms with Crippen LogP contribution in [-0.4, -0.2) is 54.8 Å². The van der Waals surface area contributed by atoms with E-state index in [-0.39, 0.29) is 29.1 Å². The van der Waals surface area contributed by atoms with Crippen LogP contribution in [0.5, 0.6) is 0 Å². The molecule has 0 spiro atoms. The van der Waals surface area contributed by atoms with Gasteiger partial charge in [-0.15, -0.1) is 13.2 Å². The number of halogens is 7. The minimum Gasteiger partial charge on any atom is -0.443 e. The Balaban J connectivity index is 1.32. The van der Waals surface area contributed by atoms with Crippen LogP contribution in [-0.2, 0) is 22.3 Å². The molecule has 0 saturated heterocycles. The number of nitrogens with zero attached hydrogens (tertiary/aromatic N) is 4. The van der Waals surface area contributed by atoms with Crippen molar-refractivity contribution in [2.24, 2.45) is 0 Å². The number of alkyl halides is 7. The zero-order chi connectivity index (χ0) is 28.2. The summed E-state index contributed by atoms with van der Waals surface area (Å²) in [6.07, 6.45) is -9.85. The van der Waals surface area contributed by atoms with Gasteiger partial charge in [-0.05, 0) is 32.6 Å². The van der Waals surface area contributed by atoms with E-state index in [1.807, 2.05) is 6.92 Å². The van der Waals surface area contributed by atoms with Crippen LogP contribution >= 0.6 is 0 Å². The second-order valence-electron chi connectivity index (χ2n) is 9.75. The van der Waals surface area contributed by atoms with Gasteiger partial charge in [0.2, 0.25) is 5.95 Å². The Kier molecular flexibility index (Phi) is 6.59. The molecule has 3 aromatic rings. The number of carbonyl (C=O) groups is 1. The highest BCUT2D eigenvalue weighted by Gasteiger charge is 2.43. The largest absolute Gasteiger partial charge is 0.522 e. The number of aromatic nitrogens is 5. The third-order valence-corrected chi connectivity index (χ3v) is 6.58. The van der Waals surface area contributed by atoms with Crippen molar-refractivity contribution in [3.8, 4) is 0 Å². The summed E-state index contributed by atoms with van der Waals surface area (Å²) in [5.41, 5.74) is -2.00. The van der Waals surface area contributed by atoms with Crippen LogP contribution in [0.1, 0.15) is 55.6 Å². The van der Waals surface area contributed by atoms with Crippen LogP contribution in [0.2, 0.25) is 0 Å². The normalized spacial score (nSPS) is 22.7. The average Bonchev–Trinajstić information content (AvgIpc) is 3.18. The number of rotatable bonds is 7. The van der Waals surface area contributed by atoms with Gasteiger partial charge >= 0.3 is 18.6 Å². The van der Waals surface area contributed by atoms with Gasteiger partial charge in [0.25, 0.3) is 0 Å². The lowest BCUT2D eigenvalue weighted by Crippen LogP contribution is -2.38. The fraction of sp³-hybridized carbons (Fsp3) is 0.545. The number of hydrogen-bond acceptors (Lipinski definition) is 7. The Morgan fingerprint density at radius 2 is 1.92 bits per heavy atom. The first-order chi connectivity index (χ1) is 18.2. The summed E-state index contributed by atoms with van der Waals surface area (Å²) in [6.45, 7) is 0.824. The first-order valence-electron chi connectivity index (χ1n) is 11.8. The molecule has 2 fully saturated rings. The molecule has 3 aromatic heterocycles. The molecule has 2 aliphatic carbocycles. The molecular formula is C22H22F7N7O3. The fourth-order valence-corrected chi connectivity index (χ4v) is 4.30. The van der Waals surface area contributed by atoms with Crippen molar-refractivity contribution in [1.29, 1.82) is 0 Å². The minimum atomic E-state index is -4.96. The number of ether oxygens (including phenoxy) is 2. The zero-order valence-electron chi connectivity index (χ0n) is 20.2. The number of fused-ring (bicyclic) bond motifs is 1. The van der Waals surface area contributed by atoms with Crippen LogP contribution in [0.25, 0.3) is 5.65 Å². The molecule has 1 amide bonds. The van der Waals surface area contributed by atoms with Crippen molar-refractivity contribution in [3.05, 3.63) is 35.4 Å². The van der Waals surface area contributed by atoms with Gasteiger partial charge in [-0.3, -0.25) is 14.2 Å². The van der Waals surface area contributed by atoms with Crippen molar-refractivity contribution in [1.82, 2.24) is 29.9 Å². The number of aromatic amines is 1. The van der Waals surface area contributed by atoms with Crippen molar-refractivity contribution < 1.29 is 45.0 Å². The predicted octanol–water partition coefficient (Wildman–Crippen LogP) is 5.11. The molecule has 2 saturated carbocycles. The second-order valence-corrected chi connectivity index (χ2v) is 9.75. The van der Waals surface area contributed by atoms with Gasteiger partial charge in [-0.2, -0.15) is 18.3 Å². The Morgan fingerprint density at radius 1 is 1.18 bits per heavy atom. The number of nitrogens with one attached hydrogen (secondary N) is 3. The molecule has 0 aromatic carbocycles. The van der Waals surface area contributed by atoms with Gasteiger partial charge in [0.05, 0.1) is 12.3 Å². The van der Waals surface area contributed by atoms with Crippen LogP contribution in [0, 0.1) is 0 Å². The smallest absolute Gasteiger partial charge is 0.443 e. The number of carbonyl (C=O) groups excluding carboxylic acids is 1. The molecule has 10 nitrogen and oxygen atoms in total. The first-order valence-corrected chi connectivity index (χ1v) is 11.8. The number of anilines is 2. The van der Waals surface area contributed by atoms with E-state index < -0.39 is 55.1 Å². The number of hydrogen-bond donors (Lipinski definition) is 3. The second kappa shape index (κ2) is 9.53. The molecule has 3 N–H and O–H groups in total. The number of alkyl carbamates (subject to hydrolysis) is 1. The molecule has 3 heterocycles. The van der Waals surface area contributed by atoms with E-state index in [0.29, 0.717) is 18.2 Å². The third kappa shape index (κ3) is 6.17. The quantitative estimate of drug-likeness (QED) is 0.341. The van der Waals surface area contributed by atoms with E-state index in [4.69, 9.17) is 4.74 Å². The molecule has 39 heavy (non-hydrogen) atoms. The van der Waals surface area contributed by atoms with Gasteiger partial charge in [0.15, 0.2) is 11.5 Å². The lowest BCUT2D eigenvalue weighted by atomic mass is 10.0. The van der Waals surface area contributed by atoms with Gasteiger partial charge < -0.3 is 15.4 Å². The molecule has 0 radical (unpaired) electrons. The van der Waals surface area contributed by atoms with E-state index in [0.717, 1.165) is 23.4 Å². The number of amides is 1. The molecule has 0 aliphatic heterocycles. The summed E-state index contributed by atoms with van der Waals surface area (Å²) in [6, 6.07) is 1.94.